The Kier molecular flexibility index (Phi) is 5.97. The second-order valence-electron chi connectivity index (χ2n) is 8.58. The van der Waals surface area contributed by atoms with Gasteiger partial charge >= 0.3 is 0 Å². The second-order valence-corrected chi connectivity index (χ2v) is 9.44. The van der Waals surface area contributed by atoms with Gasteiger partial charge in [-0.15, -0.1) is 11.3 Å². The van der Waals surface area contributed by atoms with Crippen molar-refractivity contribution >= 4 is 33.4 Å². The third-order valence-electron chi connectivity index (χ3n) is 5.75. The summed E-state index contributed by atoms with van der Waals surface area (Å²) >= 11 is 1.45. The van der Waals surface area contributed by atoms with Gasteiger partial charge in [0.1, 0.15) is 5.82 Å². The average molecular weight is 462 g/mol. The van der Waals surface area contributed by atoms with E-state index in [9.17, 15) is 4.79 Å². The topological polar surface area (TPSA) is 72.3 Å². The van der Waals surface area contributed by atoms with Crippen molar-refractivity contribution in [2.24, 2.45) is 0 Å². The molecule has 2 aromatic heterocycles. The summed E-state index contributed by atoms with van der Waals surface area (Å²) in [4.78, 5) is 24.5. The van der Waals surface area contributed by atoms with Crippen LogP contribution in [0.4, 0.5) is 5.13 Å². The number of nitrogens with one attached hydrogen (secondary N) is 1. The van der Waals surface area contributed by atoms with Gasteiger partial charge in [0.05, 0.1) is 28.9 Å². The first-order valence-electron chi connectivity index (χ1n) is 11.1. The number of rotatable bonds is 5. The molecule has 7 nitrogen and oxygen atoms in total. The molecule has 170 valence electrons. The lowest BCUT2D eigenvalue weighted by Crippen LogP contribution is -2.44. The summed E-state index contributed by atoms with van der Waals surface area (Å²) in [6, 6.07) is 15.7. The molecule has 1 fully saturated rings. The number of ether oxygens (including phenoxy) is 1. The summed E-state index contributed by atoms with van der Waals surface area (Å²) in [5.41, 5.74) is 4.34. The van der Waals surface area contributed by atoms with Gasteiger partial charge in [-0.3, -0.25) is 19.6 Å². The van der Waals surface area contributed by atoms with Crippen molar-refractivity contribution < 1.29 is 9.53 Å². The maximum Gasteiger partial charge on any atom is 0.257 e. The Morgan fingerprint density at radius 2 is 1.88 bits per heavy atom. The number of imidazole rings is 1. The van der Waals surface area contributed by atoms with Crippen LogP contribution < -0.4 is 5.32 Å². The molecule has 2 atom stereocenters. The van der Waals surface area contributed by atoms with Crippen LogP contribution in [-0.4, -0.2) is 50.6 Å². The number of aromatic nitrogens is 3. The molecular weight excluding hydrogens is 434 g/mol. The number of benzene rings is 2. The van der Waals surface area contributed by atoms with Gasteiger partial charge < -0.3 is 4.74 Å². The zero-order chi connectivity index (χ0) is 22.9. The average Bonchev–Trinajstić information content (AvgIpc) is 3.35. The third-order valence-corrected chi connectivity index (χ3v) is 6.56. The van der Waals surface area contributed by atoms with Gasteiger partial charge in [-0.25, -0.2) is 9.97 Å². The number of para-hydroxylation sites is 1. The molecule has 8 heteroatoms. The number of hydrogen-bond donors (Lipinski definition) is 1. The van der Waals surface area contributed by atoms with E-state index in [0.717, 1.165) is 47.9 Å². The number of aryl methyl sites for hydroxylation is 1. The van der Waals surface area contributed by atoms with Crippen molar-refractivity contribution in [1.82, 2.24) is 19.4 Å². The molecule has 1 N–H and O–H groups in total. The lowest BCUT2D eigenvalue weighted by atomic mass is 10.2. The first-order valence-corrected chi connectivity index (χ1v) is 12.0. The Bertz CT molecular complexity index is 1270. The summed E-state index contributed by atoms with van der Waals surface area (Å²) in [5.74, 6) is 0.698. The lowest BCUT2D eigenvalue weighted by molar-refractivity contribution is -0.0707. The van der Waals surface area contributed by atoms with Crippen molar-refractivity contribution in [2.45, 2.75) is 39.5 Å². The molecule has 0 spiro atoms. The highest BCUT2D eigenvalue weighted by Crippen LogP contribution is 2.24. The van der Waals surface area contributed by atoms with Gasteiger partial charge in [-0.05, 0) is 51.1 Å². The predicted octanol–water partition coefficient (Wildman–Crippen LogP) is 4.65. The minimum Gasteiger partial charge on any atom is -0.373 e. The molecule has 5 rings (SSSR count). The molecule has 33 heavy (non-hydrogen) atoms. The van der Waals surface area contributed by atoms with Crippen LogP contribution in [0, 0.1) is 6.92 Å². The zero-order valence-corrected chi connectivity index (χ0v) is 19.8. The normalized spacial score (nSPS) is 19.1. The van der Waals surface area contributed by atoms with E-state index in [2.05, 4.69) is 38.6 Å². The van der Waals surface area contributed by atoms with E-state index in [1.54, 1.807) is 0 Å². The molecule has 1 amide bonds. The van der Waals surface area contributed by atoms with Gasteiger partial charge in [0.15, 0.2) is 5.13 Å². The highest BCUT2D eigenvalue weighted by atomic mass is 32.1. The highest BCUT2D eigenvalue weighted by molar-refractivity contribution is 7.14. The van der Waals surface area contributed by atoms with Crippen LogP contribution in [0.15, 0.2) is 53.9 Å². The number of amides is 1. The van der Waals surface area contributed by atoms with Crippen LogP contribution in [0.3, 0.4) is 0 Å². The van der Waals surface area contributed by atoms with E-state index in [-0.39, 0.29) is 18.1 Å². The minimum atomic E-state index is -0.182. The maximum atomic E-state index is 12.9. The molecule has 4 aromatic rings. The van der Waals surface area contributed by atoms with Crippen molar-refractivity contribution in [3.8, 4) is 5.69 Å². The standard InChI is InChI=1S/C25H27N5O2S/c1-16-12-29(13-17(2)32-16)14-20-15-33-25(27-20)28-24(31)19-9-10-23-22(11-19)26-18(3)30(23)21-7-5-4-6-8-21/h4-11,15-17H,12-14H2,1-3H3,(H,27,28,31). The number of carbonyl (C=O) groups excluding carboxylic acids is 1. The Hall–Kier alpha value is -3.07. The maximum absolute atomic E-state index is 12.9. The fraction of sp³-hybridized carbons (Fsp3) is 0.320. The van der Waals surface area contributed by atoms with Gasteiger partial charge in [0.25, 0.3) is 5.91 Å². The van der Waals surface area contributed by atoms with E-state index < -0.39 is 0 Å². The second kappa shape index (κ2) is 9.05. The number of morpholine rings is 1. The van der Waals surface area contributed by atoms with E-state index in [1.165, 1.54) is 11.3 Å². The van der Waals surface area contributed by atoms with E-state index in [0.29, 0.717) is 10.7 Å². The van der Waals surface area contributed by atoms with E-state index in [1.807, 2.05) is 60.8 Å². The fourth-order valence-electron chi connectivity index (χ4n) is 4.49. The lowest BCUT2D eigenvalue weighted by Gasteiger charge is -2.34. The molecule has 1 aliphatic rings. The highest BCUT2D eigenvalue weighted by Gasteiger charge is 2.23. The minimum absolute atomic E-state index is 0.182. The van der Waals surface area contributed by atoms with Gasteiger partial charge in [-0.2, -0.15) is 0 Å². The number of thiazole rings is 1. The molecule has 0 aliphatic carbocycles. The van der Waals surface area contributed by atoms with Gasteiger partial charge in [0.2, 0.25) is 0 Å². The smallest absolute Gasteiger partial charge is 0.257 e. The largest absolute Gasteiger partial charge is 0.373 e. The Balaban J connectivity index is 1.30. The molecule has 0 bridgehead atoms. The van der Waals surface area contributed by atoms with Crippen molar-refractivity contribution in [3.05, 3.63) is 71.0 Å². The van der Waals surface area contributed by atoms with Crippen LogP contribution in [0.25, 0.3) is 16.7 Å². The quantitative estimate of drug-likeness (QED) is 0.468. The molecule has 2 aromatic carbocycles. The number of nitrogens with zero attached hydrogens (tertiary/aromatic N) is 4. The molecular formula is C25H27N5O2S. The number of fused-ring (bicyclic) bond motifs is 1. The van der Waals surface area contributed by atoms with Gasteiger partial charge in [0, 0.05) is 36.3 Å². The molecule has 0 radical (unpaired) electrons. The number of anilines is 1. The molecule has 1 aliphatic heterocycles. The monoisotopic (exact) mass is 461 g/mol. The first kappa shape index (κ1) is 21.8. The van der Waals surface area contributed by atoms with E-state index >= 15 is 0 Å². The number of carbonyl (C=O) groups is 1. The Labute approximate surface area is 197 Å². The van der Waals surface area contributed by atoms with Crippen LogP contribution in [-0.2, 0) is 11.3 Å². The predicted molar refractivity (Wildman–Crippen MR) is 131 cm³/mol. The number of hydrogen-bond acceptors (Lipinski definition) is 6. The molecule has 1 saturated heterocycles. The molecule has 3 heterocycles. The SMILES string of the molecule is Cc1nc2cc(C(=O)Nc3nc(CN4CC(C)OC(C)C4)cs3)ccc2n1-c1ccccc1. The van der Waals surface area contributed by atoms with Crippen molar-refractivity contribution in [1.29, 1.82) is 0 Å². The van der Waals surface area contributed by atoms with Crippen LogP contribution >= 0.6 is 11.3 Å². The third kappa shape index (κ3) is 4.68. The van der Waals surface area contributed by atoms with Crippen molar-refractivity contribution in [2.75, 3.05) is 18.4 Å². The van der Waals surface area contributed by atoms with Gasteiger partial charge in [-0.1, -0.05) is 18.2 Å². The zero-order valence-electron chi connectivity index (χ0n) is 19.0. The fourth-order valence-corrected chi connectivity index (χ4v) is 5.19. The van der Waals surface area contributed by atoms with Crippen LogP contribution in [0.5, 0.6) is 0 Å². The van der Waals surface area contributed by atoms with Crippen LogP contribution in [0.2, 0.25) is 0 Å². The summed E-state index contributed by atoms with van der Waals surface area (Å²) in [6.07, 6.45) is 0.436. The van der Waals surface area contributed by atoms with Crippen LogP contribution in [0.1, 0.15) is 35.7 Å². The summed E-state index contributed by atoms with van der Waals surface area (Å²) in [6.45, 7) is 8.69. The Morgan fingerprint density at radius 1 is 1.12 bits per heavy atom. The summed E-state index contributed by atoms with van der Waals surface area (Å²) in [7, 11) is 0. The Morgan fingerprint density at radius 3 is 2.64 bits per heavy atom. The molecule has 0 saturated carbocycles. The summed E-state index contributed by atoms with van der Waals surface area (Å²) < 4.78 is 7.90. The summed E-state index contributed by atoms with van der Waals surface area (Å²) in [5, 5.41) is 5.56. The van der Waals surface area contributed by atoms with Crippen molar-refractivity contribution in [3.63, 3.8) is 0 Å². The molecule has 2 unspecified atom stereocenters. The van der Waals surface area contributed by atoms with E-state index in [4.69, 9.17) is 4.74 Å². The first-order chi connectivity index (χ1) is 16.0.